The highest BCUT2D eigenvalue weighted by molar-refractivity contribution is 5.66. The van der Waals surface area contributed by atoms with Crippen LogP contribution in [0.25, 0.3) is 0 Å². The maximum atomic E-state index is 10.5. The quantitative estimate of drug-likeness (QED) is 0.787. The van der Waals surface area contributed by atoms with Crippen LogP contribution >= 0.6 is 0 Å². The average molecular weight is 227 g/mol. The van der Waals surface area contributed by atoms with Crippen molar-refractivity contribution in [1.29, 1.82) is 0 Å². The van der Waals surface area contributed by atoms with Gasteiger partial charge in [0, 0.05) is 25.6 Å². The van der Waals surface area contributed by atoms with Crippen LogP contribution in [0.15, 0.2) is 0 Å². The summed E-state index contributed by atoms with van der Waals surface area (Å²) < 4.78 is 5.41. The number of carbonyl (C=O) groups is 1. The number of rotatable bonds is 4. The number of carboxylic acid groups (broad SMARTS) is 1. The van der Waals surface area contributed by atoms with E-state index < -0.39 is 5.97 Å². The highest BCUT2D eigenvalue weighted by atomic mass is 16.5. The summed E-state index contributed by atoms with van der Waals surface area (Å²) in [7, 11) is 0. The predicted octanol–water partition coefficient (Wildman–Crippen LogP) is 1.35. The minimum Gasteiger partial charge on any atom is -0.481 e. The molecule has 2 saturated heterocycles. The smallest absolute Gasteiger partial charge is 0.303 e. The summed E-state index contributed by atoms with van der Waals surface area (Å²) in [5, 5.41) is 8.69. The molecule has 2 heterocycles. The van der Waals surface area contributed by atoms with E-state index >= 15 is 0 Å². The van der Waals surface area contributed by atoms with Gasteiger partial charge in [-0.1, -0.05) is 0 Å². The third-order valence-electron chi connectivity index (χ3n) is 3.74. The van der Waals surface area contributed by atoms with Gasteiger partial charge in [-0.25, -0.2) is 0 Å². The number of hydrogen-bond acceptors (Lipinski definition) is 3. The van der Waals surface area contributed by atoms with Crippen molar-refractivity contribution in [3.63, 3.8) is 0 Å². The highest BCUT2D eigenvalue weighted by Gasteiger charge is 2.28. The maximum absolute atomic E-state index is 10.5. The summed E-state index contributed by atoms with van der Waals surface area (Å²) in [6.07, 6.45) is 4.70. The lowest BCUT2D eigenvalue weighted by Crippen LogP contribution is -2.43. The summed E-state index contributed by atoms with van der Waals surface area (Å²) in [4.78, 5) is 13.0. The fraction of sp³-hybridized carbons (Fsp3) is 0.917. The predicted molar refractivity (Wildman–Crippen MR) is 60.4 cm³/mol. The lowest BCUT2D eigenvalue weighted by molar-refractivity contribution is -0.137. The van der Waals surface area contributed by atoms with E-state index in [4.69, 9.17) is 9.84 Å². The molecular weight excluding hydrogens is 206 g/mol. The van der Waals surface area contributed by atoms with Gasteiger partial charge >= 0.3 is 5.97 Å². The van der Waals surface area contributed by atoms with Crippen LogP contribution in [0.3, 0.4) is 0 Å². The number of aliphatic carboxylic acids is 1. The first kappa shape index (κ1) is 11.9. The van der Waals surface area contributed by atoms with E-state index in [-0.39, 0.29) is 0 Å². The van der Waals surface area contributed by atoms with Crippen molar-refractivity contribution in [2.75, 3.05) is 26.3 Å². The number of ether oxygens (including phenoxy) is 1. The summed E-state index contributed by atoms with van der Waals surface area (Å²) >= 11 is 0. The molecule has 92 valence electrons. The molecule has 4 nitrogen and oxygen atoms in total. The molecule has 2 aliphatic rings. The lowest BCUT2D eigenvalue weighted by Gasteiger charge is -2.36. The largest absolute Gasteiger partial charge is 0.481 e. The van der Waals surface area contributed by atoms with Crippen molar-refractivity contribution in [3.8, 4) is 0 Å². The molecule has 2 atom stereocenters. The molecule has 2 unspecified atom stereocenters. The van der Waals surface area contributed by atoms with Crippen LogP contribution in [0.1, 0.15) is 32.1 Å². The minimum absolute atomic E-state index is 0.319. The Hall–Kier alpha value is -0.610. The fourth-order valence-corrected chi connectivity index (χ4v) is 2.80. The second-order valence-electron chi connectivity index (χ2n) is 4.95. The van der Waals surface area contributed by atoms with Gasteiger partial charge in [0.2, 0.25) is 0 Å². The number of piperidine rings is 1. The summed E-state index contributed by atoms with van der Waals surface area (Å²) in [5.41, 5.74) is 0. The number of likely N-dealkylation sites (tertiary alicyclic amines) is 1. The third-order valence-corrected chi connectivity index (χ3v) is 3.74. The first-order valence-electron chi connectivity index (χ1n) is 6.29. The third kappa shape index (κ3) is 3.19. The van der Waals surface area contributed by atoms with Gasteiger partial charge in [-0.3, -0.25) is 9.69 Å². The highest BCUT2D eigenvalue weighted by Crippen LogP contribution is 2.24. The van der Waals surface area contributed by atoms with Crippen LogP contribution in [0.5, 0.6) is 0 Å². The van der Waals surface area contributed by atoms with Gasteiger partial charge in [-0.15, -0.1) is 0 Å². The molecule has 2 rings (SSSR count). The Balaban J connectivity index is 1.76. The van der Waals surface area contributed by atoms with Crippen LogP contribution < -0.4 is 0 Å². The molecule has 16 heavy (non-hydrogen) atoms. The molecule has 0 aromatic rings. The molecule has 2 fully saturated rings. The van der Waals surface area contributed by atoms with E-state index in [2.05, 4.69) is 4.90 Å². The zero-order chi connectivity index (χ0) is 11.4. The number of nitrogens with zero attached hydrogens (tertiary/aromatic N) is 1. The summed E-state index contributed by atoms with van der Waals surface area (Å²) in [6.45, 7) is 3.99. The first-order chi connectivity index (χ1) is 7.75. The van der Waals surface area contributed by atoms with Crippen molar-refractivity contribution in [2.24, 2.45) is 5.92 Å². The minimum atomic E-state index is -0.665. The van der Waals surface area contributed by atoms with Crippen molar-refractivity contribution < 1.29 is 14.6 Å². The van der Waals surface area contributed by atoms with E-state index in [9.17, 15) is 4.79 Å². The Morgan fingerprint density at radius 2 is 2.31 bits per heavy atom. The van der Waals surface area contributed by atoms with Gasteiger partial charge in [0.1, 0.15) is 0 Å². The molecular formula is C12H21NO3. The van der Waals surface area contributed by atoms with Crippen molar-refractivity contribution in [3.05, 3.63) is 0 Å². The lowest BCUT2D eigenvalue weighted by atomic mass is 9.92. The molecule has 1 N–H and O–H groups in total. The van der Waals surface area contributed by atoms with Gasteiger partial charge in [0.25, 0.3) is 0 Å². The number of carboxylic acids is 1. The Morgan fingerprint density at radius 1 is 1.44 bits per heavy atom. The Bertz CT molecular complexity index is 238. The summed E-state index contributed by atoms with van der Waals surface area (Å²) in [6, 6.07) is 0.590. The van der Waals surface area contributed by atoms with Crippen LogP contribution in [0.2, 0.25) is 0 Å². The number of hydrogen-bond donors (Lipinski definition) is 1. The normalized spacial score (nSPS) is 31.8. The van der Waals surface area contributed by atoms with Crippen LogP contribution in [-0.4, -0.2) is 48.3 Å². The van der Waals surface area contributed by atoms with E-state index in [1.54, 1.807) is 0 Å². The molecule has 0 saturated carbocycles. The molecule has 0 aromatic heterocycles. The standard InChI is InChI=1S/C12H21NO3/c14-12(15)4-3-10-2-1-6-13(8-10)11-5-7-16-9-11/h10-11H,1-9H2,(H,14,15). The Labute approximate surface area is 96.6 Å². The Morgan fingerprint density at radius 3 is 3.00 bits per heavy atom. The molecule has 0 aromatic carbocycles. The zero-order valence-electron chi connectivity index (χ0n) is 9.73. The van der Waals surface area contributed by atoms with Gasteiger partial charge in [-0.05, 0) is 38.1 Å². The fourth-order valence-electron chi connectivity index (χ4n) is 2.80. The first-order valence-corrected chi connectivity index (χ1v) is 6.29. The van der Waals surface area contributed by atoms with Crippen molar-refractivity contribution >= 4 is 5.97 Å². The SMILES string of the molecule is O=C(O)CCC1CCCN(C2CCOC2)C1. The molecule has 2 aliphatic heterocycles. The van der Waals surface area contributed by atoms with E-state index in [0.717, 1.165) is 39.1 Å². The van der Waals surface area contributed by atoms with Crippen molar-refractivity contribution in [1.82, 2.24) is 4.90 Å². The van der Waals surface area contributed by atoms with Gasteiger partial charge in [-0.2, -0.15) is 0 Å². The Kier molecular flexibility index (Phi) is 4.18. The average Bonchev–Trinajstić information content (AvgIpc) is 2.80. The van der Waals surface area contributed by atoms with Gasteiger partial charge in [0.05, 0.1) is 6.61 Å². The molecule has 4 heteroatoms. The van der Waals surface area contributed by atoms with Gasteiger partial charge < -0.3 is 9.84 Å². The van der Waals surface area contributed by atoms with E-state index in [0.29, 0.717) is 18.4 Å². The van der Waals surface area contributed by atoms with Crippen LogP contribution in [-0.2, 0) is 9.53 Å². The second-order valence-corrected chi connectivity index (χ2v) is 4.95. The molecule has 0 spiro atoms. The topological polar surface area (TPSA) is 49.8 Å². The molecule has 0 amide bonds. The second kappa shape index (κ2) is 5.64. The van der Waals surface area contributed by atoms with Gasteiger partial charge in [0.15, 0.2) is 0 Å². The monoisotopic (exact) mass is 227 g/mol. The van der Waals surface area contributed by atoms with Crippen molar-refractivity contribution in [2.45, 2.75) is 38.1 Å². The molecule has 0 radical (unpaired) electrons. The van der Waals surface area contributed by atoms with E-state index in [1.165, 1.54) is 12.8 Å². The van der Waals surface area contributed by atoms with E-state index in [1.807, 2.05) is 0 Å². The summed E-state index contributed by atoms with van der Waals surface area (Å²) in [5.74, 6) is -0.0910. The molecule has 0 bridgehead atoms. The van der Waals surface area contributed by atoms with Crippen LogP contribution in [0, 0.1) is 5.92 Å². The maximum Gasteiger partial charge on any atom is 0.303 e. The molecule has 0 aliphatic carbocycles. The van der Waals surface area contributed by atoms with Crippen LogP contribution in [0.4, 0.5) is 0 Å². The zero-order valence-corrected chi connectivity index (χ0v) is 9.73.